The van der Waals surface area contributed by atoms with Gasteiger partial charge in [-0.3, -0.25) is 0 Å². The van der Waals surface area contributed by atoms with Gasteiger partial charge in [-0.05, 0) is 31.2 Å². The molecule has 0 fully saturated rings. The lowest BCUT2D eigenvalue weighted by atomic mass is 10.1. The van der Waals surface area contributed by atoms with E-state index < -0.39 is 12.6 Å². The lowest BCUT2D eigenvalue weighted by Crippen LogP contribution is -2.10. The van der Waals surface area contributed by atoms with Crippen LogP contribution in [0.4, 0.5) is 4.39 Å². The van der Waals surface area contributed by atoms with Crippen LogP contribution in [0.15, 0.2) is 40.9 Å². The highest BCUT2D eigenvalue weighted by molar-refractivity contribution is 5.94. The highest BCUT2D eigenvalue weighted by atomic mass is 19.1. The van der Waals surface area contributed by atoms with E-state index in [1.54, 1.807) is 37.3 Å². The Labute approximate surface area is 124 Å². The first-order valence-electron chi connectivity index (χ1n) is 6.56. The molecule has 0 unspecified atom stereocenters. The highest BCUT2D eigenvalue weighted by Crippen LogP contribution is 2.34. The molecule has 3 rings (SSSR count). The second kappa shape index (κ2) is 5.48. The molecule has 0 bridgehead atoms. The third-order valence-electron chi connectivity index (χ3n) is 3.32. The van der Waals surface area contributed by atoms with Gasteiger partial charge in [-0.2, -0.15) is 0 Å². The fourth-order valence-electron chi connectivity index (χ4n) is 2.26. The average molecular weight is 301 g/mol. The number of halogens is 1. The van der Waals surface area contributed by atoms with Crippen molar-refractivity contribution < 1.29 is 23.6 Å². The number of carboxylic acid groups (broad SMARTS) is 1. The van der Waals surface area contributed by atoms with Crippen molar-refractivity contribution in [2.75, 3.05) is 6.61 Å². The van der Waals surface area contributed by atoms with Crippen LogP contribution in [0.1, 0.15) is 5.56 Å². The van der Waals surface area contributed by atoms with E-state index in [0.717, 1.165) is 0 Å². The maximum atomic E-state index is 13.9. The number of hydrogen-bond acceptors (Lipinski definition) is 4. The lowest BCUT2D eigenvalue weighted by Gasteiger charge is -2.06. The van der Waals surface area contributed by atoms with Gasteiger partial charge in [0, 0.05) is 11.1 Å². The number of aliphatic carboxylic acids is 1. The summed E-state index contributed by atoms with van der Waals surface area (Å²) in [5, 5.41) is 13.2. The average Bonchev–Trinajstić information content (AvgIpc) is 2.91. The van der Waals surface area contributed by atoms with Crippen LogP contribution in [0, 0.1) is 12.7 Å². The molecule has 0 saturated carbocycles. The van der Waals surface area contributed by atoms with Crippen molar-refractivity contribution in [3.05, 3.63) is 47.8 Å². The Morgan fingerprint density at radius 1 is 1.32 bits per heavy atom. The first-order chi connectivity index (χ1) is 10.6. The van der Waals surface area contributed by atoms with Crippen LogP contribution in [-0.2, 0) is 4.79 Å². The largest absolute Gasteiger partial charge is 0.481 e. The monoisotopic (exact) mass is 301 g/mol. The number of nitrogens with zero attached hydrogens (tertiary/aromatic N) is 1. The zero-order valence-electron chi connectivity index (χ0n) is 11.7. The molecular formula is C16H12FNO4. The van der Waals surface area contributed by atoms with E-state index in [-0.39, 0.29) is 5.82 Å². The molecule has 1 heterocycles. The molecule has 0 amide bonds. The Morgan fingerprint density at radius 2 is 2.09 bits per heavy atom. The zero-order valence-corrected chi connectivity index (χ0v) is 11.7. The summed E-state index contributed by atoms with van der Waals surface area (Å²) in [6.07, 6.45) is 0. The van der Waals surface area contributed by atoms with E-state index in [9.17, 15) is 9.18 Å². The van der Waals surface area contributed by atoms with Crippen LogP contribution in [0.5, 0.6) is 5.75 Å². The molecule has 2 aromatic carbocycles. The zero-order chi connectivity index (χ0) is 15.7. The van der Waals surface area contributed by atoms with E-state index in [0.29, 0.717) is 33.5 Å². The van der Waals surface area contributed by atoms with Crippen molar-refractivity contribution in [1.82, 2.24) is 5.16 Å². The Morgan fingerprint density at radius 3 is 2.82 bits per heavy atom. The number of carboxylic acids is 1. The standard InChI is InChI=1S/C16H12FNO4/c1-9-13(21-8-14(19)20)7-6-11-15(18-22-16(9)11)10-4-2-3-5-12(10)17/h2-7H,8H2,1H3,(H,19,20). The van der Waals surface area contributed by atoms with Gasteiger partial charge < -0.3 is 14.4 Å². The van der Waals surface area contributed by atoms with Crippen molar-refractivity contribution >= 4 is 16.9 Å². The number of ether oxygens (including phenoxy) is 1. The Bertz CT molecular complexity index is 856. The molecule has 112 valence electrons. The lowest BCUT2D eigenvalue weighted by molar-refractivity contribution is -0.139. The summed E-state index contributed by atoms with van der Waals surface area (Å²) < 4.78 is 24.4. The molecule has 6 heteroatoms. The van der Waals surface area contributed by atoms with Crippen molar-refractivity contribution in [3.8, 4) is 17.0 Å². The molecule has 0 spiro atoms. The number of aromatic nitrogens is 1. The third kappa shape index (κ3) is 2.39. The molecule has 0 aliphatic rings. The second-order valence-electron chi connectivity index (χ2n) is 4.76. The maximum Gasteiger partial charge on any atom is 0.341 e. The molecule has 5 nitrogen and oxygen atoms in total. The van der Waals surface area contributed by atoms with Gasteiger partial charge in [-0.15, -0.1) is 0 Å². The minimum atomic E-state index is -1.07. The molecular weight excluding hydrogens is 289 g/mol. The predicted molar refractivity (Wildman–Crippen MR) is 77.3 cm³/mol. The second-order valence-corrected chi connectivity index (χ2v) is 4.76. The molecule has 0 aliphatic carbocycles. The van der Waals surface area contributed by atoms with Crippen molar-refractivity contribution in [1.29, 1.82) is 0 Å². The summed E-state index contributed by atoms with van der Waals surface area (Å²) in [7, 11) is 0. The minimum Gasteiger partial charge on any atom is -0.481 e. The van der Waals surface area contributed by atoms with Gasteiger partial charge >= 0.3 is 5.97 Å². The molecule has 3 aromatic rings. The van der Waals surface area contributed by atoms with Gasteiger partial charge in [-0.1, -0.05) is 17.3 Å². The molecule has 0 radical (unpaired) electrons. The van der Waals surface area contributed by atoms with E-state index in [4.69, 9.17) is 14.4 Å². The third-order valence-corrected chi connectivity index (χ3v) is 3.32. The topological polar surface area (TPSA) is 72.6 Å². The van der Waals surface area contributed by atoms with E-state index in [1.165, 1.54) is 6.07 Å². The van der Waals surface area contributed by atoms with Crippen LogP contribution in [-0.4, -0.2) is 22.8 Å². The van der Waals surface area contributed by atoms with Gasteiger partial charge in [0.15, 0.2) is 12.2 Å². The predicted octanol–water partition coefficient (Wildman–Crippen LogP) is 3.41. The first-order valence-corrected chi connectivity index (χ1v) is 6.56. The SMILES string of the molecule is Cc1c(OCC(=O)O)ccc2c(-c3ccccc3F)noc12. The Hall–Kier alpha value is -2.89. The van der Waals surface area contributed by atoms with Gasteiger partial charge in [0.1, 0.15) is 17.3 Å². The first kappa shape index (κ1) is 14.1. The number of fused-ring (bicyclic) bond motifs is 1. The molecule has 1 aromatic heterocycles. The summed E-state index contributed by atoms with van der Waals surface area (Å²) in [4.78, 5) is 10.6. The summed E-state index contributed by atoms with van der Waals surface area (Å²) in [5.74, 6) is -1.06. The van der Waals surface area contributed by atoms with E-state index in [2.05, 4.69) is 5.16 Å². The molecule has 0 atom stereocenters. The van der Waals surface area contributed by atoms with Crippen LogP contribution in [0.3, 0.4) is 0 Å². The summed E-state index contributed by atoms with van der Waals surface area (Å²) >= 11 is 0. The number of hydrogen-bond donors (Lipinski definition) is 1. The minimum absolute atomic E-state index is 0.347. The van der Waals surface area contributed by atoms with E-state index >= 15 is 0 Å². The van der Waals surface area contributed by atoms with E-state index in [1.807, 2.05) is 0 Å². The number of carbonyl (C=O) groups is 1. The van der Waals surface area contributed by atoms with Gasteiger partial charge in [0.25, 0.3) is 0 Å². The molecule has 1 N–H and O–H groups in total. The fraction of sp³-hybridized carbons (Fsp3) is 0.125. The highest BCUT2D eigenvalue weighted by Gasteiger charge is 2.17. The Kier molecular flexibility index (Phi) is 3.50. The number of aryl methyl sites for hydroxylation is 1. The van der Waals surface area contributed by atoms with Crippen LogP contribution < -0.4 is 4.74 Å². The quantitative estimate of drug-likeness (QED) is 0.799. The van der Waals surface area contributed by atoms with Crippen LogP contribution in [0.2, 0.25) is 0 Å². The molecule has 22 heavy (non-hydrogen) atoms. The van der Waals surface area contributed by atoms with Crippen molar-refractivity contribution in [2.24, 2.45) is 0 Å². The van der Waals surface area contributed by atoms with Crippen molar-refractivity contribution in [3.63, 3.8) is 0 Å². The smallest absolute Gasteiger partial charge is 0.341 e. The summed E-state index contributed by atoms with van der Waals surface area (Å²) in [6, 6.07) is 9.60. The van der Waals surface area contributed by atoms with Gasteiger partial charge in [0.2, 0.25) is 0 Å². The van der Waals surface area contributed by atoms with Crippen LogP contribution in [0.25, 0.3) is 22.2 Å². The maximum absolute atomic E-state index is 13.9. The van der Waals surface area contributed by atoms with Crippen LogP contribution >= 0.6 is 0 Å². The normalized spacial score (nSPS) is 10.8. The fourth-order valence-corrected chi connectivity index (χ4v) is 2.26. The summed E-state index contributed by atoms with van der Waals surface area (Å²) in [5.41, 5.74) is 1.82. The molecule has 0 aliphatic heterocycles. The summed E-state index contributed by atoms with van der Waals surface area (Å²) in [6.45, 7) is 1.29. The van der Waals surface area contributed by atoms with Crippen molar-refractivity contribution in [2.45, 2.75) is 6.92 Å². The molecule has 0 saturated heterocycles. The van der Waals surface area contributed by atoms with Gasteiger partial charge in [-0.25, -0.2) is 9.18 Å². The Balaban J connectivity index is 2.08. The number of benzene rings is 2. The number of rotatable bonds is 4. The van der Waals surface area contributed by atoms with Gasteiger partial charge in [0.05, 0.1) is 5.39 Å².